The molecular formula is C9H19IN6. The molecule has 92 valence electrons. The fraction of sp³-hybridized carbons (Fsp3) is 0.667. The number of nitrogens with one attached hydrogen (secondary N) is 2. The molecule has 0 radical (unpaired) electrons. The third kappa shape index (κ3) is 3.95. The van der Waals surface area contributed by atoms with Crippen molar-refractivity contribution in [2.24, 2.45) is 4.99 Å². The van der Waals surface area contributed by atoms with Crippen LogP contribution in [0.5, 0.6) is 0 Å². The number of nitrogens with zero attached hydrogens (tertiary/aromatic N) is 4. The first-order valence-corrected chi connectivity index (χ1v) is 5.00. The Morgan fingerprint density at radius 1 is 1.44 bits per heavy atom. The lowest BCUT2D eigenvalue weighted by Crippen LogP contribution is -2.34. The van der Waals surface area contributed by atoms with Gasteiger partial charge < -0.3 is 10.6 Å². The van der Waals surface area contributed by atoms with Crippen molar-refractivity contribution in [3.63, 3.8) is 0 Å². The number of guanidine groups is 1. The monoisotopic (exact) mass is 338 g/mol. The average molecular weight is 338 g/mol. The largest absolute Gasteiger partial charge is 0.359 e. The Balaban J connectivity index is 0.00000225. The fourth-order valence-corrected chi connectivity index (χ4v) is 1.22. The summed E-state index contributed by atoms with van der Waals surface area (Å²) in [5, 5.41) is 14.7. The quantitative estimate of drug-likeness (QED) is 0.479. The average Bonchev–Trinajstić information content (AvgIpc) is 2.61. The van der Waals surface area contributed by atoms with Crippen LogP contribution in [0.1, 0.15) is 18.3 Å². The van der Waals surface area contributed by atoms with Gasteiger partial charge in [-0.3, -0.25) is 4.99 Å². The lowest BCUT2D eigenvalue weighted by Gasteiger charge is -2.06. The van der Waals surface area contributed by atoms with Gasteiger partial charge in [0.15, 0.2) is 5.96 Å². The Bertz CT molecular complexity index is 346. The van der Waals surface area contributed by atoms with E-state index >= 15 is 0 Å². The highest BCUT2D eigenvalue weighted by Gasteiger charge is 2.05. The second-order valence-corrected chi connectivity index (χ2v) is 3.10. The second kappa shape index (κ2) is 7.42. The van der Waals surface area contributed by atoms with E-state index in [0.717, 1.165) is 23.9 Å². The Hall–Kier alpha value is -0.860. The molecule has 0 saturated heterocycles. The van der Waals surface area contributed by atoms with Gasteiger partial charge in [-0.05, 0) is 13.8 Å². The summed E-state index contributed by atoms with van der Waals surface area (Å²) in [7, 11) is 3.56. The zero-order chi connectivity index (χ0) is 11.3. The van der Waals surface area contributed by atoms with Gasteiger partial charge in [-0.1, -0.05) is 0 Å². The summed E-state index contributed by atoms with van der Waals surface area (Å²) in [6, 6.07) is 0. The summed E-state index contributed by atoms with van der Waals surface area (Å²) in [5.74, 6) is 0.750. The second-order valence-electron chi connectivity index (χ2n) is 3.10. The topological polar surface area (TPSA) is 67.1 Å². The molecular weight excluding hydrogens is 319 g/mol. The van der Waals surface area contributed by atoms with E-state index in [-0.39, 0.29) is 24.0 Å². The van der Waals surface area contributed by atoms with Crippen molar-refractivity contribution in [3.8, 4) is 0 Å². The highest BCUT2D eigenvalue weighted by molar-refractivity contribution is 14.0. The van der Waals surface area contributed by atoms with Crippen molar-refractivity contribution >= 4 is 29.9 Å². The number of aromatic nitrogens is 3. The van der Waals surface area contributed by atoms with Gasteiger partial charge in [-0.2, -0.15) is 15.0 Å². The summed E-state index contributed by atoms with van der Waals surface area (Å²) in [5.41, 5.74) is 1.91. The summed E-state index contributed by atoms with van der Waals surface area (Å²) in [6.07, 6.45) is 0. The molecule has 0 aliphatic heterocycles. The molecule has 6 nitrogen and oxygen atoms in total. The normalized spacial score (nSPS) is 10.9. The Labute approximate surface area is 113 Å². The van der Waals surface area contributed by atoms with E-state index in [1.165, 1.54) is 0 Å². The first kappa shape index (κ1) is 15.1. The van der Waals surface area contributed by atoms with E-state index < -0.39 is 0 Å². The van der Waals surface area contributed by atoms with Crippen LogP contribution >= 0.6 is 24.0 Å². The molecule has 0 amide bonds. The number of halogens is 1. The number of hydrogen-bond acceptors (Lipinski definition) is 3. The zero-order valence-corrected chi connectivity index (χ0v) is 12.4. The van der Waals surface area contributed by atoms with Crippen LogP contribution in [0.2, 0.25) is 0 Å². The predicted octanol–water partition coefficient (Wildman–Crippen LogP) is 0.519. The van der Waals surface area contributed by atoms with Gasteiger partial charge in [0.25, 0.3) is 0 Å². The molecule has 0 aliphatic rings. The van der Waals surface area contributed by atoms with E-state index in [0.29, 0.717) is 6.54 Å². The first-order chi connectivity index (χ1) is 7.21. The number of aliphatic imine (C=N–C) groups is 1. The fourth-order valence-electron chi connectivity index (χ4n) is 1.22. The Morgan fingerprint density at radius 3 is 2.56 bits per heavy atom. The van der Waals surface area contributed by atoms with Crippen LogP contribution in [0, 0.1) is 6.92 Å². The van der Waals surface area contributed by atoms with Crippen LogP contribution in [0.3, 0.4) is 0 Å². The van der Waals surface area contributed by atoms with Crippen LogP contribution in [-0.2, 0) is 13.1 Å². The van der Waals surface area contributed by atoms with Crippen molar-refractivity contribution in [2.75, 3.05) is 14.1 Å². The Kier molecular flexibility index (Phi) is 7.02. The van der Waals surface area contributed by atoms with Crippen LogP contribution < -0.4 is 10.6 Å². The molecule has 0 saturated carbocycles. The van der Waals surface area contributed by atoms with Crippen molar-refractivity contribution in [1.82, 2.24) is 25.6 Å². The molecule has 1 aromatic heterocycles. The molecule has 0 bridgehead atoms. The Morgan fingerprint density at radius 2 is 2.12 bits per heavy atom. The maximum absolute atomic E-state index is 4.33. The number of rotatable bonds is 3. The maximum Gasteiger partial charge on any atom is 0.191 e. The minimum Gasteiger partial charge on any atom is -0.359 e. The maximum atomic E-state index is 4.33. The molecule has 0 aromatic carbocycles. The molecule has 7 heteroatoms. The van der Waals surface area contributed by atoms with Crippen LogP contribution in [-0.4, -0.2) is 35.0 Å². The van der Waals surface area contributed by atoms with Gasteiger partial charge in [-0.25, -0.2) is 0 Å². The highest BCUT2D eigenvalue weighted by atomic mass is 127. The molecule has 0 atom stereocenters. The molecule has 16 heavy (non-hydrogen) atoms. The van der Waals surface area contributed by atoms with E-state index in [1.807, 2.05) is 20.9 Å². The van der Waals surface area contributed by atoms with Gasteiger partial charge >= 0.3 is 0 Å². The van der Waals surface area contributed by atoms with Gasteiger partial charge in [0.2, 0.25) is 0 Å². The van der Waals surface area contributed by atoms with E-state index in [2.05, 4.69) is 25.8 Å². The van der Waals surface area contributed by atoms with Crippen LogP contribution in [0.25, 0.3) is 0 Å². The van der Waals surface area contributed by atoms with E-state index in [4.69, 9.17) is 0 Å². The summed E-state index contributed by atoms with van der Waals surface area (Å²) in [6.45, 7) is 5.41. The van der Waals surface area contributed by atoms with Crippen molar-refractivity contribution in [3.05, 3.63) is 11.4 Å². The van der Waals surface area contributed by atoms with E-state index in [9.17, 15) is 0 Å². The summed E-state index contributed by atoms with van der Waals surface area (Å²) >= 11 is 0. The minimum atomic E-state index is 0. The zero-order valence-electron chi connectivity index (χ0n) is 10.1. The molecule has 0 spiro atoms. The summed E-state index contributed by atoms with van der Waals surface area (Å²) in [4.78, 5) is 5.71. The lowest BCUT2D eigenvalue weighted by molar-refractivity contribution is 0.560. The van der Waals surface area contributed by atoms with Crippen molar-refractivity contribution in [1.29, 1.82) is 0 Å². The van der Waals surface area contributed by atoms with Crippen LogP contribution in [0.4, 0.5) is 0 Å². The predicted molar refractivity (Wildman–Crippen MR) is 75.1 cm³/mol. The third-order valence-corrected chi connectivity index (χ3v) is 2.09. The molecule has 0 unspecified atom stereocenters. The molecule has 0 fully saturated rings. The van der Waals surface area contributed by atoms with Crippen molar-refractivity contribution in [2.45, 2.75) is 26.9 Å². The molecule has 1 heterocycles. The van der Waals surface area contributed by atoms with Gasteiger partial charge in [0, 0.05) is 14.1 Å². The standard InChI is InChI=1S/C9H18N6.HI/c1-5-15-13-7(2)8(14-15)6-12-9(10-3)11-4;/h5-6H2,1-4H3,(H2,10,11,12);1H. The molecule has 1 aromatic rings. The molecule has 1 rings (SSSR count). The van der Waals surface area contributed by atoms with Crippen LogP contribution in [0.15, 0.2) is 4.99 Å². The summed E-state index contributed by atoms with van der Waals surface area (Å²) < 4.78 is 0. The van der Waals surface area contributed by atoms with Gasteiger partial charge in [0.1, 0.15) is 5.69 Å². The lowest BCUT2D eigenvalue weighted by atomic mass is 10.3. The van der Waals surface area contributed by atoms with Gasteiger partial charge in [-0.15, -0.1) is 24.0 Å². The highest BCUT2D eigenvalue weighted by Crippen LogP contribution is 1.99. The SMILES string of the molecule is CCn1nc(C)c(CNC(=NC)NC)n1.I. The smallest absolute Gasteiger partial charge is 0.191 e. The molecule has 0 aliphatic carbocycles. The minimum absolute atomic E-state index is 0. The van der Waals surface area contributed by atoms with E-state index in [1.54, 1.807) is 11.8 Å². The third-order valence-electron chi connectivity index (χ3n) is 2.09. The number of hydrogen-bond donors (Lipinski definition) is 2. The number of aryl methyl sites for hydroxylation is 2. The van der Waals surface area contributed by atoms with Crippen molar-refractivity contribution < 1.29 is 0 Å². The first-order valence-electron chi connectivity index (χ1n) is 5.00. The van der Waals surface area contributed by atoms with Gasteiger partial charge in [0.05, 0.1) is 18.8 Å². The molecule has 2 N–H and O–H groups in total.